The summed E-state index contributed by atoms with van der Waals surface area (Å²) in [5.41, 5.74) is 2.89. The van der Waals surface area contributed by atoms with E-state index in [4.69, 9.17) is 4.74 Å². The van der Waals surface area contributed by atoms with Crippen molar-refractivity contribution < 1.29 is 9.53 Å². The molecule has 1 aliphatic carbocycles. The molecule has 2 heterocycles. The van der Waals surface area contributed by atoms with Gasteiger partial charge < -0.3 is 10.1 Å². The first-order valence-corrected chi connectivity index (χ1v) is 13.5. The molecule has 1 fully saturated rings. The van der Waals surface area contributed by atoms with Crippen LogP contribution in [0.2, 0.25) is 0 Å². The van der Waals surface area contributed by atoms with Gasteiger partial charge in [0.15, 0.2) is 0 Å². The van der Waals surface area contributed by atoms with Crippen LogP contribution in [0.15, 0.2) is 52.3 Å². The summed E-state index contributed by atoms with van der Waals surface area (Å²) in [6.45, 7) is 5.16. The summed E-state index contributed by atoms with van der Waals surface area (Å²) in [5.74, 6) is 0.135. The molecule has 1 saturated heterocycles. The van der Waals surface area contributed by atoms with E-state index < -0.39 is 0 Å². The van der Waals surface area contributed by atoms with Gasteiger partial charge in [0.1, 0.15) is 5.03 Å². The lowest BCUT2D eigenvalue weighted by atomic mass is 9.97. The summed E-state index contributed by atoms with van der Waals surface area (Å²) in [7, 11) is 0. The highest BCUT2D eigenvalue weighted by Crippen LogP contribution is 2.29. The number of carbonyl (C=O) groups excluding carboxylic acids is 1. The van der Waals surface area contributed by atoms with Gasteiger partial charge in [0.05, 0.1) is 19.0 Å². The van der Waals surface area contributed by atoms with Crippen molar-refractivity contribution in [2.24, 2.45) is 0 Å². The fourth-order valence-corrected chi connectivity index (χ4v) is 5.91. The summed E-state index contributed by atoms with van der Waals surface area (Å²) in [4.78, 5) is 32.6. The Balaban J connectivity index is 1.26. The molecule has 0 bridgehead atoms. The van der Waals surface area contributed by atoms with Gasteiger partial charge in [-0.05, 0) is 43.6 Å². The van der Waals surface area contributed by atoms with Crippen molar-refractivity contribution in [2.75, 3.05) is 43.9 Å². The number of rotatable bonds is 8. The normalized spacial score (nSPS) is 16.2. The average Bonchev–Trinajstić information content (AvgIpc) is 2.90. The van der Waals surface area contributed by atoms with Crippen LogP contribution in [0, 0.1) is 0 Å². The molecule has 0 spiro atoms. The number of benzene rings is 2. The van der Waals surface area contributed by atoms with E-state index in [-0.39, 0.29) is 17.3 Å². The third-order valence-electron chi connectivity index (χ3n) is 6.81. The van der Waals surface area contributed by atoms with Crippen molar-refractivity contribution in [1.82, 2.24) is 14.5 Å². The first kappa shape index (κ1) is 24.0. The van der Waals surface area contributed by atoms with E-state index in [0.29, 0.717) is 6.54 Å². The topological polar surface area (TPSA) is 76.5 Å². The SMILES string of the molecule is O=C(CSc1nc(=O)n(CCCN2CCOCC2)c2c1CCCC2)Nc1cccc2ccccc12. The Hall–Kier alpha value is -2.68. The number of carbonyl (C=O) groups is 1. The highest BCUT2D eigenvalue weighted by Gasteiger charge is 2.21. The van der Waals surface area contributed by atoms with Crippen LogP contribution in [-0.4, -0.2) is 59.0 Å². The van der Waals surface area contributed by atoms with E-state index in [1.54, 1.807) is 0 Å². The summed E-state index contributed by atoms with van der Waals surface area (Å²) in [6.07, 6.45) is 4.93. The monoisotopic (exact) mass is 492 g/mol. The number of nitrogens with zero attached hydrogens (tertiary/aromatic N) is 3. The number of morpholine rings is 1. The second kappa shape index (κ2) is 11.4. The molecule has 1 aliphatic heterocycles. The van der Waals surface area contributed by atoms with Crippen LogP contribution in [-0.2, 0) is 28.9 Å². The van der Waals surface area contributed by atoms with E-state index in [1.807, 2.05) is 47.0 Å². The van der Waals surface area contributed by atoms with Crippen LogP contribution in [0.4, 0.5) is 5.69 Å². The highest BCUT2D eigenvalue weighted by atomic mass is 32.2. The largest absolute Gasteiger partial charge is 0.379 e. The fraction of sp³-hybridized carbons (Fsp3) is 0.444. The van der Waals surface area contributed by atoms with Gasteiger partial charge in [-0.2, -0.15) is 4.98 Å². The molecule has 184 valence electrons. The molecule has 1 N–H and O–H groups in total. The number of thioether (sulfide) groups is 1. The molecule has 0 saturated carbocycles. The number of hydrogen-bond acceptors (Lipinski definition) is 6. The summed E-state index contributed by atoms with van der Waals surface area (Å²) < 4.78 is 7.31. The maximum Gasteiger partial charge on any atom is 0.348 e. The van der Waals surface area contributed by atoms with Gasteiger partial charge in [0.2, 0.25) is 5.91 Å². The molecular formula is C27H32N4O3S. The minimum Gasteiger partial charge on any atom is -0.379 e. The Kier molecular flexibility index (Phi) is 7.81. The van der Waals surface area contributed by atoms with Crippen molar-refractivity contribution in [3.8, 4) is 0 Å². The predicted molar refractivity (Wildman–Crippen MR) is 140 cm³/mol. The lowest BCUT2D eigenvalue weighted by Gasteiger charge is -2.27. The molecule has 3 aromatic rings. The van der Waals surface area contributed by atoms with E-state index >= 15 is 0 Å². The number of aromatic nitrogens is 2. The smallest absolute Gasteiger partial charge is 0.348 e. The molecule has 5 rings (SSSR count). The summed E-state index contributed by atoms with van der Waals surface area (Å²) in [5, 5.41) is 5.87. The van der Waals surface area contributed by atoms with Crippen LogP contribution in [0.25, 0.3) is 10.8 Å². The Morgan fingerprint density at radius 2 is 1.83 bits per heavy atom. The van der Waals surface area contributed by atoms with Gasteiger partial charge in [0.25, 0.3) is 0 Å². The standard InChI is InChI=1S/C27H32N4O3S/c32-25(28-23-11-5-8-20-7-1-2-9-21(20)23)19-35-26-22-10-3-4-12-24(22)31(27(33)29-26)14-6-13-30-15-17-34-18-16-30/h1-2,5,7-9,11H,3-4,6,10,12-19H2,(H,28,32). The Bertz CT molecular complexity index is 1250. The van der Waals surface area contributed by atoms with E-state index in [9.17, 15) is 9.59 Å². The van der Waals surface area contributed by atoms with Gasteiger partial charge in [-0.15, -0.1) is 0 Å². The number of anilines is 1. The quantitative estimate of drug-likeness (QED) is 0.382. The summed E-state index contributed by atoms with van der Waals surface area (Å²) in [6, 6.07) is 13.9. The maximum atomic E-state index is 13.0. The van der Waals surface area contributed by atoms with Crippen LogP contribution < -0.4 is 11.0 Å². The average molecular weight is 493 g/mol. The fourth-order valence-electron chi connectivity index (χ4n) is 5.03. The van der Waals surface area contributed by atoms with E-state index in [0.717, 1.165) is 97.7 Å². The second-order valence-electron chi connectivity index (χ2n) is 9.15. The molecule has 8 heteroatoms. The number of fused-ring (bicyclic) bond motifs is 2. The third-order valence-corrected chi connectivity index (χ3v) is 7.83. The number of hydrogen-bond donors (Lipinski definition) is 1. The Labute approximate surface area is 209 Å². The molecule has 35 heavy (non-hydrogen) atoms. The molecule has 1 aromatic heterocycles. The molecule has 2 aliphatic rings. The number of ether oxygens (including phenoxy) is 1. The van der Waals surface area contributed by atoms with E-state index in [2.05, 4.69) is 15.2 Å². The minimum absolute atomic E-state index is 0.0904. The van der Waals surface area contributed by atoms with Crippen molar-refractivity contribution in [1.29, 1.82) is 0 Å². The zero-order chi connectivity index (χ0) is 24.0. The van der Waals surface area contributed by atoms with Crippen molar-refractivity contribution in [3.05, 3.63) is 64.2 Å². The lowest BCUT2D eigenvalue weighted by Crippen LogP contribution is -2.38. The molecule has 0 atom stereocenters. The zero-order valence-corrected chi connectivity index (χ0v) is 20.8. The van der Waals surface area contributed by atoms with Gasteiger partial charge in [0, 0.05) is 48.5 Å². The predicted octanol–water partition coefficient (Wildman–Crippen LogP) is 3.73. The zero-order valence-electron chi connectivity index (χ0n) is 20.0. The van der Waals surface area contributed by atoms with Crippen molar-refractivity contribution in [2.45, 2.75) is 43.7 Å². The lowest BCUT2D eigenvalue weighted by molar-refractivity contribution is -0.113. The van der Waals surface area contributed by atoms with Crippen molar-refractivity contribution >= 4 is 34.1 Å². The number of nitrogens with one attached hydrogen (secondary N) is 1. The maximum absolute atomic E-state index is 13.0. The van der Waals surface area contributed by atoms with Crippen LogP contribution in [0.5, 0.6) is 0 Å². The first-order valence-electron chi connectivity index (χ1n) is 12.5. The van der Waals surface area contributed by atoms with Crippen molar-refractivity contribution in [3.63, 3.8) is 0 Å². The molecule has 7 nitrogen and oxygen atoms in total. The van der Waals surface area contributed by atoms with Crippen LogP contribution in [0.3, 0.4) is 0 Å². The second-order valence-corrected chi connectivity index (χ2v) is 10.1. The van der Waals surface area contributed by atoms with Gasteiger partial charge in [-0.25, -0.2) is 4.79 Å². The Morgan fingerprint density at radius 3 is 2.71 bits per heavy atom. The minimum atomic E-state index is -0.190. The van der Waals surface area contributed by atoms with E-state index in [1.165, 1.54) is 11.8 Å². The van der Waals surface area contributed by atoms with Crippen LogP contribution in [0.1, 0.15) is 30.5 Å². The molecule has 2 aromatic carbocycles. The first-order chi connectivity index (χ1) is 17.2. The van der Waals surface area contributed by atoms with Gasteiger partial charge in [-0.1, -0.05) is 48.2 Å². The molecule has 0 radical (unpaired) electrons. The van der Waals surface area contributed by atoms with Gasteiger partial charge >= 0.3 is 5.69 Å². The highest BCUT2D eigenvalue weighted by molar-refractivity contribution is 8.00. The molecule has 0 unspecified atom stereocenters. The molecule has 1 amide bonds. The van der Waals surface area contributed by atoms with Gasteiger partial charge in [-0.3, -0.25) is 14.3 Å². The number of amides is 1. The summed E-state index contributed by atoms with van der Waals surface area (Å²) >= 11 is 1.38. The molecular weight excluding hydrogens is 460 g/mol. The third kappa shape index (κ3) is 5.77. The Morgan fingerprint density at radius 1 is 1.03 bits per heavy atom. The van der Waals surface area contributed by atoms with Crippen LogP contribution >= 0.6 is 11.8 Å².